The van der Waals surface area contributed by atoms with Crippen molar-refractivity contribution >= 4 is 34.0 Å². The number of amides is 1. The highest BCUT2D eigenvalue weighted by atomic mass is 35.5. The standard InChI is InChI=1S/C14H20F3N3O3S.ClH/c1-9(2)7-12(18)13(21)20-10-3-5-11(6-4-10)24(22,23)19-8-14(15,16)17;/h3-6,9,12,19H,7-8,18H2,1-2H3,(H,20,21);1H/t12-;/m0./s1. The fourth-order valence-electron chi connectivity index (χ4n) is 1.83. The van der Waals surface area contributed by atoms with Gasteiger partial charge >= 0.3 is 6.18 Å². The lowest BCUT2D eigenvalue weighted by molar-refractivity contribution is -0.121. The lowest BCUT2D eigenvalue weighted by atomic mass is 10.0. The second-order valence-corrected chi connectivity index (χ2v) is 7.46. The van der Waals surface area contributed by atoms with E-state index in [9.17, 15) is 26.4 Å². The van der Waals surface area contributed by atoms with Crippen LogP contribution in [0.25, 0.3) is 0 Å². The first-order valence-corrected chi connectivity index (χ1v) is 8.62. The number of halogens is 4. The van der Waals surface area contributed by atoms with Crippen molar-refractivity contribution in [2.45, 2.75) is 37.4 Å². The Hall–Kier alpha value is -1.36. The minimum absolute atomic E-state index is 0. The van der Waals surface area contributed by atoms with Crippen LogP contribution in [0.15, 0.2) is 29.2 Å². The van der Waals surface area contributed by atoms with Crippen LogP contribution in [0.5, 0.6) is 0 Å². The molecule has 0 saturated heterocycles. The molecule has 0 unspecified atom stereocenters. The number of hydrogen-bond donors (Lipinski definition) is 3. The molecule has 0 bridgehead atoms. The van der Waals surface area contributed by atoms with Gasteiger partial charge in [0, 0.05) is 5.69 Å². The lowest BCUT2D eigenvalue weighted by Gasteiger charge is -2.14. The molecule has 11 heteroatoms. The van der Waals surface area contributed by atoms with Crippen LogP contribution in [0.3, 0.4) is 0 Å². The number of alkyl halides is 3. The largest absolute Gasteiger partial charge is 0.402 e. The summed E-state index contributed by atoms with van der Waals surface area (Å²) in [5.41, 5.74) is 6.02. The average Bonchev–Trinajstić information content (AvgIpc) is 2.44. The van der Waals surface area contributed by atoms with Crippen molar-refractivity contribution in [3.63, 3.8) is 0 Å². The van der Waals surface area contributed by atoms with Crippen molar-refractivity contribution in [1.82, 2.24) is 4.72 Å². The number of hydrogen-bond acceptors (Lipinski definition) is 4. The van der Waals surface area contributed by atoms with E-state index >= 15 is 0 Å². The first-order valence-electron chi connectivity index (χ1n) is 7.13. The summed E-state index contributed by atoms with van der Waals surface area (Å²) in [5.74, 6) is -0.188. The first kappa shape index (κ1) is 23.6. The van der Waals surface area contributed by atoms with Crippen molar-refractivity contribution in [3.8, 4) is 0 Å². The van der Waals surface area contributed by atoms with Crippen molar-refractivity contribution in [2.75, 3.05) is 11.9 Å². The van der Waals surface area contributed by atoms with Crippen LogP contribution in [-0.2, 0) is 14.8 Å². The van der Waals surface area contributed by atoms with Crippen molar-refractivity contribution in [1.29, 1.82) is 0 Å². The summed E-state index contributed by atoms with van der Waals surface area (Å²) in [6.45, 7) is 2.18. The number of nitrogens with two attached hydrogens (primary N) is 1. The quantitative estimate of drug-likeness (QED) is 0.650. The van der Waals surface area contributed by atoms with Crippen LogP contribution in [-0.4, -0.2) is 33.1 Å². The van der Waals surface area contributed by atoms with E-state index in [0.29, 0.717) is 12.1 Å². The average molecular weight is 404 g/mol. The third kappa shape index (κ3) is 8.52. The molecule has 144 valence electrons. The molecule has 1 amide bonds. The third-order valence-electron chi connectivity index (χ3n) is 2.96. The molecule has 0 radical (unpaired) electrons. The first-order chi connectivity index (χ1) is 10.9. The van der Waals surface area contributed by atoms with E-state index in [1.165, 1.54) is 16.9 Å². The molecule has 0 fully saturated rings. The molecule has 1 atom stereocenters. The fourth-order valence-corrected chi connectivity index (χ4v) is 2.84. The maximum atomic E-state index is 12.1. The molecule has 0 heterocycles. The molecule has 1 rings (SSSR count). The Balaban J connectivity index is 0.00000576. The van der Waals surface area contributed by atoms with Gasteiger partial charge < -0.3 is 11.1 Å². The Bertz CT molecular complexity index is 664. The number of carbonyl (C=O) groups excluding carboxylic acids is 1. The zero-order valence-corrected chi connectivity index (χ0v) is 15.3. The van der Waals surface area contributed by atoms with Gasteiger partial charge in [-0.1, -0.05) is 13.8 Å². The van der Waals surface area contributed by atoms with Crippen LogP contribution in [0.4, 0.5) is 18.9 Å². The van der Waals surface area contributed by atoms with E-state index in [1.807, 2.05) is 13.8 Å². The number of carbonyl (C=O) groups is 1. The van der Waals surface area contributed by atoms with E-state index in [0.717, 1.165) is 12.1 Å². The maximum Gasteiger partial charge on any atom is 0.402 e. The Morgan fingerprint density at radius 3 is 2.16 bits per heavy atom. The summed E-state index contributed by atoms with van der Waals surface area (Å²) in [7, 11) is -4.28. The van der Waals surface area contributed by atoms with Gasteiger partial charge in [0.1, 0.15) is 6.54 Å². The van der Waals surface area contributed by atoms with Gasteiger partial charge in [-0.2, -0.15) is 13.2 Å². The van der Waals surface area contributed by atoms with Crippen LogP contribution in [0, 0.1) is 5.92 Å². The van der Waals surface area contributed by atoms with E-state index in [4.69, 9.17) is 5.73 Å². The molecule has 1 aromatic rings. The van der Waals surface area contributed by atoms with Crippen molar-refractivity contribution in [2.24, 2.45) is 11.7 Å². The Morgan fingerprint density at radius 2 is 1.72 bits per heavy atom. The summed E-state index contributed by atoms with van der Waals surface area (Å²) in [6.07, 6.45) is -4.16. The molecule has 4 N–H and O–H groups in total. The van der Waals surface area contributed by atoms with Crippen LogP contribution >= 0.6 is 12.4 Å². The van der Waals surface area contributed by atoms with E-state index in [1.54, 1.807) is 0 Å². The minimum atomic E-state index is -4.65. The Morgan fingerprint density at radius 1 is 1.20 bits per heavy atom. The van der Waals surface area contributed by atoms with E-state index in [-0.39, 0.29) is 23.2 Å². The second kappa shape index (κ2) is 9.37. The molecule has 0 aromatic heterocycles. The third-order valence-corrected chi connectivity index (χ3v) is 4.37. The SMILES string of the molecule is CC(C)C[C@H](N)C(=O)Nc1ccc(S(=O)(=O)NCC(F)(F)F)cc1.Cl. The number of benzene rings is 1. The molecular weight excluding hydrogens is 383 g/mol. The molecule has 6 nitrogen and oxygen atoms in total. The predicted molar refractivity (Wildman–Crippen MR) is 91.0 cm³/mol. The normalized spacial score (nSPS) is 13.2. The molecule has 0 spiro atoms. The van der Waals surface area contributed by atoms with Crippen molar-refractivity contribution < 1.29 is 26.4 Å². The van der Waals surface area contributed by atoms with Gasteiger partial charge in [-0.05, 0) is 36.6 Å². The molecule has 0 saturated carbocycles. The Kier molecular flexibility index (Phi) is 8.86. The minimum Gasteiger partial charge on any atom is -0.325 e. The van der Waals surface area contributed by atoms with Gasteiger partial charge in [-0.3, -0.25) is 4.79 Å². The zero-order valence-electron chi connectivity index (χ0n) is 13.6. The van der Waals surface area contributed by atoms with Gasteiger partial charge in [0.05, 0.1) is 10.9 Å². The number of rotatable bonds is 7. The monoisotopic (exact) mass is 403 g/mol. The van der Waals surface area contributed by atoms with Crippen LogP contribution in [0.1, 0.15) is 20.3 Å². The smallest absolute Gasteiger partial charge is 0.325 e. The topological polar surface area (TPSA) is 101 Å². The fraction of sp³-hybridized carbons (Fsp3) is 0.500. The van der Waals surface area contributed by atoms with Crippen LogP contribution < -0.4 is 15.8 Å². The zero-order chi connectivity index (χ0) is 18.5. The molecule has 0 aliphatic rings. The lowest BCUT2D eigenvalue weighted by Crippen LogP contribution is -2.36. The summed E-state index contributed by atoms with van der Waals surface area (Å²) < 4.78 is 61.2. The number of nitrogens with one attached hydrogen (secondary N) is 2. The molecule has 25 heavy (non-hydrogen) atoms. The summed E-state index contributed by atoms with van der Waals surface area (Å²) in [6, 6.07) is 4.05. The highest BCUT2D eigenvalue weighted by Gasteiger charge is 2.30. The van der Waals surface area contributed by atoms with Gasteiger partial charge in [0.15, 0.2) is 0 Å². The molecule has 0 aliphatic carbocycles. The van der Waals surface area contributed by atoms with Crippen LogP contribution in [0.2, 0.25) is 0 Å². The highest BCUT2D eigenvalue weighted by molar-refractivity contribution is 7.89. The second-order valence-electron chi connectivity index (χ2n) is 5.69. The van der Waals surface area contributed by atoms with Gasteiger partial charge in [0.2, 0.25) is 15.9 Å². The van der Waals surface area contributed by atoms with E-state index < -0.39 is 34.7 Å². The molecule has 0 aliphatic heterocycles. The summed E-state index contributed by atoms with van der Waals surface area (Å²) >= 11 is 0. The van der Waals surface area contributed by atoms with Gasteiger partial charge in [0.25, 0.3) is 0 Å². The number of anilines is 1. The summed E-state index contributed by atoms with van der Waals surface area (Å²) in [5, 5.41) is 2.52. The predicted octanol–water partition coefficient (Wildman–Crippen LogP) is 2.26. The van der Waals surface area contributed by atoms with E-state index in [2.05, 4.69) is 5.32 Å². The molecule has 1 aromatic carbocycles. The van der Waals surface area contributed by atoms with Gasteiger partial charge in [-0.25, -0.2) is 13.1 Å². The maximum absolute atomic E-state index is 12.1. The summed E-state index contributed by atoms with van der Waals surface area (Å²) in [4.78, 5) is 11.5. The van der Waals surface area contributed by atoms with Crippen molar-refractivity contribution in [3.05, 3.63) is 24.3 Å². The molecular formula is C14H21ClF3N3O3S. The van der Waals surface area contributed by atoms with Gasteiger partial charge in [-0.15, -0.1) is 12.4 Å². The highest BCUT2D eigenvalue weighted by Crippen LogP contribution is 2.17. The Labute approximate surface area is 150 Å². The number of sulfonamides is 1.